The van der Waals surface area contributed by atoms with E-state index in [0.717, 1.165) is 40.3 Å². The summed E-state index contributed by atoms with van der Waals surface area (Å²) in [5.74, 6) is 1.71. The molecule has 1 aromatic heterocycles. The van der Waals surface area contributed by atoms with Gasteiger partial charge in [-0.3, -0.25) is 0 Å². The summed E-state index contributed by atoms with van der Waals surface area (Å²) in [6.07, 6.45) is 0.797. The third-order valence-electron chi connectivity index (χ3n) is 4.97. The predicted octanol–water partition coefficient (Wildman–Crippen LogP) is 6.80. The first kappa shape index (κ1) is 17.1. The zero-order valence-corrected chi connectivity index (χ0v) is 16.3. The van der Waals surface area contributed by atoms with Crippen LogP contribution in [0.5, 0.6) is 5.75 Å². The molecule has 1 unspecified atom stereocenters. The fourth-order valence-electron chi connectivity index (χ4n) is 3.50. The lowest BCUT2D eigenvalue weighted by molar-refractivity contribution is 0.414. The minimum atomic E-state index is 0.251. The van der Waals surface area contributed by atoms with Crippen LogP contribution in [0, 0.1) is 0 Å². The first-order chi connectivity index (χ1) is 13.8. The predicted molar refractivity (Wildman–Crippen MR) is 115 cm³/mol. The molecule has 1 aliphatic heterocycles. The molecular weight excluding hydrogens is 366 g/mol. The van der Waals surface area contributed by atoms with Crippen LogP contribution < -0.4 is 4.74 Å². The number of ether oxygens (including phenoxy) is 1. The van der Waals surface area contributed by atoms with Crippen LogP contribution in [0.3, 0.4) is 0 Å². The summed E-state index contributed by atoms with van der Waals surface area (Å²) in [6, 6.07) is 26.8. The lowest BCUT2D eigenvalue weighted by Crippen LogP contribution is -2.04. The van der Waals surface area contributed by atoms with Crippen molar-refractivity contribution in [3.8, 4) is 5.75 Å². The molecule has 0 saturated carbocycles. The van der Waals surface area contributed by atoms with Crippen molar-refractivity contribution in [2.75, 3.05) is 7.11 Å². The molecule has 2 heterocycles. The number of hydrogen-bond donors (Lipinski definition) is 0. The number of fused-ring (bicyclic) bond motifs is 2. The van der Waals surface area contributed by atoms with Crippen molar-refractivity contribution in [1.29, 1.82) is 0 Å². The van der Waals surface area contributed by atoms with Gasteiger partial charge in [-0.1, -0.05) is 42.5 Å². The van der Waals surface area contributed by atoms with Crippen LogP contribution in [0.4, 0.5) is 5.69 Å². The zero-order valence-electron chi connectivity index (χ0n) is 15.5. The molecule has 0 radical (unpaired) electrons. The third-order valence-corrected chi connectivity index (χ3v) is 6.29. The van der Waals surface area contributed by atoms with Crippen LogP contribution in [-0.4, -0.2) is 12.8 Å². The molecule has 138 valence electrons. The molecule has 5 rings (SSSR count). The molecular formula is C24H19NO2S. The van der Waals surface area contributed by atoms with Gasteiger partial charge in [-0.15, -0.1) is 11.8 Å². The van der Waals surface area contributed by atoms with Crippen LogP contribution in [0.25, 0.3) is 11.0 Å². The SMILES string of the molecule is COc1ccc(C2CC(c3cc4ccccc4o3)=Nc3ccccc3S2)cc1. The Bertz CT molecular complexity index is 1130. The highest BCUT2D eigenvalue weighted by atomic mass is 32.2. The van der Waals surface area contributed by atoms with Crippen molar-refractivity contribution in [3.05, 3.63) is 90.2 Å². The average molecular weight is 385 g/mol. The molecule has 0 N–H and O–H groups in total. The van der Waals surface area contributed by atoms with Crippen LogP contribution in [0.1, 0.15) is 23.0 Å². The first-order valence-electron chi connectivity index (χ1n) is 9.26. The number of hydrogen-bond acceptors (Lipinski definition) is 4. The van der Waals surface area contributed by atoms with E-state index in [9.17, 15) is 0 Å². The van der Waals surface area contributed by atoms with Crippen molar-refractivity contribution < 1.29 is 9.15 Å². The van der Waals surface area contributed by atoms with Gasteiger partial charge in [0, 0.05) is 22.0 Å². The Kier molecular flexibility index (Phi) is 4.41. The van der Waals surface area contributed by atoms with Crippen molar-refractivity contribution in [2.24, 2.45) is 4.99 Å². The number of methoxy groups -OCH3 is 1. The van der Waals surface area contributed by atoms with Crippen LogP contribution in [0.15, 0.2) is 93.2 Å². The second-order valence-electron chi connectivity index (χ2n) is 6.76. The first-order valence-corrected chi connectivity index (χ1v) is 10.1. The van der Waals surface area contributed by atoms with E-state index in [0.29, 0.717) is 0 Å². The molecule has 28 heavy (non-hydrogen) atoms. The molecule has 0 saturated heterocycles. The Morgan fingerprint density at radius 2 is 1.75 bits per heavy atom. The number of aliphatic imine (C=N–C) groups is 1. The van der Waals surface area contributed by atoms with Gasteiger partial charge in [0.1, 0.15) is 17.1 Å². The molecule has 4 aromatic rings. The molecule has 3 nitrogen and oxygen atoms in total. The summed E-state index contributed by atoms with van der Waals surface area (Å²) in [6.45, 7) is 0. The maximum absolute atomic E-state index is 6.14. The number of rotatable bonds is 3. The van der Waals surface area contributed by atoms with Gasteiger partial charge in [0.2, 0.25) is 0 Å². The molecule has 1 aliphatic rings. The van der Waals surface area contributed by atoms with Gasteiger partial charge < -0.3 is 9.15 Å². The van der Waals surface area contributed by atoms with E-state index in [1.54, 1.807) is 7.11 Å². The summed E-state index contributed by atoms with van der Waals surface area (Å²) in [7, 11) is 1.69. The summed E-state index contributed by atoms with van der Waals surface area (Å²) < 4.78 is 11.5. The second kappa shape index (κ2) is 7.21. The third kappa shape index (κ3) is 3.20. The number of nitrogens with zero attached hydrogens (tertiary/aromatic N) is 1. The zero-order chi connectivity index (χ0) is 18.9. The van der Waals surface area contributed by atoms with Crippen molar-refractivity contribution in [1.82, 2.24) is 0 Å². The van der Waals surface area contributed by atoms with E-state index in [4.69, 9.17) is 14.1 Å². The minimum Gasteiger partial charge on any atom is -0.497 e. The summed E-state index contributed by atoms with van der Waals surface area (Å²) in [4.78, 5) is 6.18. The van der Waals surface area contributed by atoms with Gasteiger partial charge in [-0.2, -0.15) is 0 Å². The number of para-hydroxylation sites is 2. The maximum Gasteiger partial charge on any atom is 0.149 e. The monoisotopic (exact) mass is 385 g/mol. The number of thioether (sulfide) groups is 1. The van der Waals surface area contributed by atoms with Gasteiger partial charge in [0.05, 0.1) is 18.5 Å². The highest BCUT2D eigenvalue weighted by Gasteiger charge is 2.24. The highest BCUT2D eigenvalue weighted by Crippen LogP contribution is 2.46. The van der Waals surface area contributed by atoms with Crippen LogP contribution in [-0.2, 0) is 0 Å². The van der Waals surface area contributed by atoms with Gasteiger partial charge in [-0.25, -0.2) is 4.99 Å². The topological polar surface area (TPSA) is 34.7 Å². The van der Waals surface area contributed by atoms with Crippen LogP contribution >= 0.6 is 11.8 Å². The Hall–Kier alpha value is -2.98. The van der Waals surface area contributed by atoms with Gasteiger partial charge in [-0.05, 0) is 42.0 Å². The normalized spacial score (nSPS) is 16.3. The van der Waals surface area contributed by atoms with Gasteiger partial charge in [0.15, 0.2) is 0 Å². The van der Waals surface area contributed by atoms with E-state index in [2.05, 4.69) is 42.5 Å². The summed E-state index contributed by atoms with van der Waals surface area (Å²) in [5, 5.41) is 1.35. The van der Waals surface area contributed by atoms with Crippen molar-refractivity contribution in [3.63, 3.8) is 0 Å². The average Bonchev–Trinajstić information content (AvgIpc) is 3.08. The molecule has 3 aromatic carbocycles. The lowest BCUT2D eigenvalue weighted by Gasteiger charge is -2.16. The van der Waals surface area contributed by atoms with Gasteiger partial charge in [0.25, 0.3) is 0 Å². The second-order valence-corrected chi connectivity index (χ2v) is 8.00. The van der Waals surface area contributed by atoms with E-state index >= 15 is 0 Å². The van der Waals surface area contributed by atoms with E-state index in [1.165, 1.54) is 10.5 Å². The Morgan fingerprint density at radius 1 is 0.964 bits per heavy atom. The van der Waals surface area contributed by atoms with E-state index in [-0.39, 0.29) is 5.25 Å². The maximum atomic E-state index is 6.14. The molecule has 0 spiro atoms. The molecule has 0 bridgehead atoms. The molecule has 0 aliphatic carbocycles. The Labute approximate surface area is 168 Å². The standard InChI is InChI=1S/C24H19NO2S/c1-26-18-12-10-16(11-13-18)24-15-20(25-19-7-3-5-9-23(19)28-24)22-14-17-6-2-4-8-21(17)27-22/h2-14,24H,15H2,1H3. The minimum absolute atomic E-state index is 0.251. The number of furan rings is 1. The summed E-state index contributed by atoms with van der Waals surface area (Å²) in [5.41, 5.74) is 4.13. The molecule has 4 heteroatoms. The van der Waals surface area contributed by atoms with Crippen LogP contribution in [0.2, 0.25) is 0 Å². The van der Waals surface area contributed by atoms with Gasteiger partial charge >= 0.3 is 0 Å². The van der Waals surface area contributed by atoms with Crippen molar-refractivity contribution in [2.45, 2.75) is 16.6 Å². The molecule has 0 amide bonds. The summed E-state index contributed by atoms with van der Waals surface area (Å²) >= 11 is 1.85. The van der Waals surface area contributed by atoms with E-state index in [1.807, 2.05) is 48.2 Å². The number of benzene rings is 3. The quantitative estimate of drug-likeness (QED) is 0.389. The fourth-order valence-corrected chi connectivity index (χ4v) is 4.73. The largest absolute Gasteiger partial charge is 0.497 e. The highest BCUT2D eigenvalue weighted by molar-refractivity contribution is 7.99. The fraction of sp³-hybridized carbons (Fsp3) is 0.125. The smallest absolute Gasteiger partial charge is 0.149 e. The molecule has 0 fully saturated rings. The lowest BCUT2D eigenvalue weighted by atomic mass is 10.0. The molecule has 1 atom stereocenters. The Balaban J connectivity index is 1.59. The van der Waals surface area contributed by atoms with Crippen molar-refractivity contribution >= 4 is 34.1 Å². The van der Waals surface area contributed by atoms with E-state index < -0.39 is 0 Å². The Morgan fingerprint density at radius 3 is 2.57 bits per heavy atom.